The number of carboxylic acids is 1. The van der Waals surface area contributed by atoms with Gasteiger partial charge in [0.05, 0.1) is 15.6 Å². The molecule has 0 saturated heterocycles. The monoisotopic (exact) mass is 282 g/mol. The van der Waals surface area contributed by atoms with E-state index in [1.165, 1.54) is 0 Å². The standard InChI is InChI=1S/C14H18O4S/c1-9-5-4-6-12-11(9)7-10(19(12,17)18)8-14(2,3)13(15)16/h4-6,10H,7-8H2,1-3H3,(H,15,16). The Hall–Kier alpha value is -1.36. The molecular formula is C14H18O4S. The van der Waals surface area contributed by atoms with Crippen LogP contribution >= 0.6 is 0 Å². The Bertz CT molecular complexity index is 629. The van der Waals surface area contributed by atoms with Gasteiger partial charge in [0, 0.05) is 0 Å². The van der Waals surface area contributed by atoms with Crippen molar-refractivity contribution in [3.05, 3.63) is 29.3 Å². The molecule has 0 aliphatic carbocycles. The normalized spacial score (nSPS) is 21.1. The fourth-order valence-electron chi connectivity index (χ4n) is 2.56. The average Bonchev–Trinajstić information content (AvgIpc) is 2.53. The van der Waals surface area contributed by atoms with Gasteiger partial charge in [0.1, 0.15) is 0 Å². The van der Waals surface area contributed by atoms with Crippen molar-refractivity contribution in [2.24, 2.45) is 5.41 Å². The number of hydrogen-bond donors (Lipinski definition) is 1. The fourth-order valence-corrected chi connectivity index (χ4v) is 4.80. The van der Waals surface area contributed by atoms with Crippen molar-refractivity contribution in [1.29, 1.82) is 0 Å². The molecule has 0 saturated carbocycles. The highest BCUT2D eigenvalue weighted by molar-refractivity contribution is 7.92. The zero-order valence-corrected chi connectivity index (χ0v) is 12.1. The van der Waals surface area contributed by atoms with E-state index in [2.05, 4.69) is 0 Å². The van der Waals surface area contributed by atoms with Crippen molar-refractivity contribution >= 4 is 15.8 Å². The van der Waals surface area contributed by atoms with Gasteiger partial charge < -0.3 is 5.11 Å². The summed E-state index contributed by atoms with van der Waals surface area (Å²) in [7, 11) is -3.40. The van der Waals surface area contributed by atoms with Gasteiger partial charge in [0.2, 0.25) is 0 Å². The largest absolute Gasteiger partial charge is 0.481 e. The second-order valence-corrected chi connectivity index (χ2v) is 8.01. The smallest absolute Gasteiger partial charge is 0.309 e. The van der Waals surface area contributed by atoms with Crippen LogP contribution in [0.2, 0.25) is 0 Å². The summed E-state index contributed by atoms with van der Waals surface area (Å²) >= 11 is 0. The van der Waals surface area contributed by atoms with Gasteiger partial charge >= 0.3 is 5.97 Å². The highest BCUT2D eigenvalue weighted by atomic mass is 32.2. The Morgan fingerprint density at radius 3 is 2.58 bits per heavy atom. The van der Waals surface area contributed by atoms with Gasteiger partial charge in [-0.05, 0) is 50.8 Å². The van der Waals surface area contributed by atoms with E-state index in [1.807, 2.05) is 13.0 Å². The van der Waals surface area contributed by atoms with E-state index in [1.54, 1.807) is 26.0 Å². The summed E-state index contributed by atoms with van der Waals surface area (Å²) in [6.45, 7) is 5.03. The second kappa shape index (κ2) is 4.34. The van der Waals surface area contributed by atoms with Crippen LogP contribution in [-0.4, -0.2) is 24.7 Å². The number of carbonyl (C=O) groups is 1. The molecule has 0 amide bonds. The molecule has 0 fully saturated rings. The van der Waals surface area contributed by atoms with Gasteiger partial charge in [-0.3, -0.25) is 4.79 Å². The van der Waals surface area contributed by atoms with Crippen molar-refractivity contribution in [2.45, 2.75) is 43.8 Å². The average molecular weight is 282 g/mol. The fraction of sp³-hybridized carbons (Fsp3) is 0.500. The molecular weight excluding hydrogens is 264 g/mol. The summed E-state index contributed by atoms with van der Waals surface area (Å²) in [5.41, 5.74) is 0.763. The molecule has 2 rings (SSSR count). The first kappa shape index (κ1) is 14.1. The van der Waals surface area contributed by atoms with E-state index < -0.39 is 26.5 Å². The second-order valence-electron chi connectivity index (χ2n) is 5.82. The quantitative estimate of drug-likeness (QED) is 0.922. The molecule has 5 heteroatoms. The minimum absolute atomic E-state index is 0.138. The number of hydrogen-bond acceptors (Lipinski definition) is 3. The topological polar surface area (TPSA) is 71.4 Å². The zero-order valence-electron chi connectivity index (χ0n) is 11.3. The van der Waals surface area contributed by atoms with Gasteiger partial charge in [-0.15, -0.1) is 0 Å². The van der Waals surface area contributed by atoms with Crippen LogP contribution in [0.1, 0.15) is 31.4 Å². The summed E-state index contributed by atoms with van der Waals surface area (Å²) < 4.78 is 24.9. The molecule has 4 nitrogen and oxygen atoms in total. The molecule has 1 aromatic carbocycles. The lowest BCUT2D eigenvalue weighted by Crippen LogP contribution is -2.31. The lowest BCUT2D eigenvalue weighted by molar-refractivity contribution is -0.147. The molecule has 1 atom stereocenters. The molecule has 0 spiro atoms. The van der Waals surface area contributed by atoms with Crippen LogP contribution in [0.25, 0.3) is 0 Å². The third-order valence-corrected chi connectivity index (χ3v) is 6.07. The van der Waals surface area contributed by atoms with Crippen molar-refractivity contribution in [2.75, 3.05) is 0 Å². The molecule has 1 aliphatic rings. The minimum Gasteiger partial charge on any atom is -0.481 e. The third-order valence-electron chi connectivity index (χ3n) is 3.86. The number of aryl methyl sites for hydroxylation is 1. The van der Waals surface area contributed by atoms with Crippen molar-refractivity contribution in [3.63, 3.8) is 0 Å². The predicted octanol–water partition coefficient (Wildman–Crippen LogP) is 2.19. The van der Waals surface area contributed by atoms with Gasteiger partial charge in [0.25, 0.3) is 0 Å². The molecule has 1 aromatic rings. The Morgan fingerprint density at radius 1 is 1.42 bits per heavy atom. The first-order valence-electron chi connectivity index (χ1n) is 6.22. The van der Waals surface area contributed by atoms with E-state index in [9.17, 15) is 13.2 Å². The molecule has 0 bridgehead atoms. The number of benzene rings is 1. The summed E-state index contributed by atoms with van der Waals surface area (Å²) in [5, 5.41) is 8.52. The minimum atomic E-state index is -3.40. The molecule has 19 heavy (non-hydrogen) atoms. The van der Waals surface area contributed by atoms with E-state index in [0.29, 0.717) is 11.3 Å². The van der Waals surface area contributed by atoms with Gasteiger partial charge in [-0.2, -0.15) is 0 Å². The summed E-state index contributed by atoms with van der Waals surface area (Å²) in [4.78, 5) is 11.5. The molecule has 0 radical (unpaired) electrons. The first-order chi connectivity index (χ1) is 8.66. The van der Waals surface area contributed by atoms with Gasteiger partial charge in [-0.25, -0.2) is 8.42 Å². The number of sulfone groups is 1. The maximum Gasteiger partial charge on any atom is 0.309 e. The van der Waals surface area contributed by atoms with Crippen molar-refractivity contribution in [1.82, 2.24) is 0 Å². The summed E-state index contributed by atoms with van der Waals surface area (Å²) in [6.07, 6.45) is 0.555. The van der Waals surface area contributed by atoms with Crippen LogP contribution in [0.5, 0.6) is 0 Å². The Labute approximate surface area is 113 Å². The Kier molecular flexibility index (Phi) is 3.21. The van der Waals surface area contributed by atoms with Crippen LogP contribution in [0.4, 0.5) is 0 Å². The molecule has 1 aliphatic heterocycles. The first-order valence-corrected chi connectivity index (χ1v) is 7.76. The molecule has 1 unspecified atom stereocenters. The molecule has 1 N–H and O–H groups in total. The van der Waals surface area contributed by atoms with Gasteiger partial charge in [0.15, 0.2) is 9.84 Å². The number of carboxylic acid groups (broad SMARTS) is 1. The summed E-state index contributed by atoms with van der Waals surface area (Å²) in [6, 6.07) is 5.24. The predicted molar refractivity (Wildman–Crippen MR) is 71.9 cm³/mol. The highest BCUT2D eigenvalue weighted by Gasteiger charge is 2.42. The van der Waals surface area contributed by atoms with Gasteiger partial charge in [-0.1, -0.05) is 12.1 Å². The molecule has 0 aromatic heterocycles. The Morgan fingerprint density at radius 2 is 2.05 bits per heavy atom. The number of fused-ring (bicyclic) bond motifs is 1. The van der Waals surface area contributed by atoms with Crippen LogP contribution in [0, 0.1) is 12.3 Å². The number of aliphatic carboxylic acids is 1. The van der Waals surface area contributed by atoms with Crippen LogP contribution in [0.3, 0.4) is 0 Å². The maximum absolute atomic E-state index is 12.4. The van der Waals surface area contributed by atoms with E-state index in [0.717, 1.165) is 11.1 Å². The lowest BCUT2D eigenvalue weighted by atomic mass is 9.86. The number of rotatable bonds is 3. The maximum atomic E-state index is 12.4. The van der Waals surface area contributed by atoms with Crippen LogP contribution in [-0.2, 0) is 21.1 Å². The highest BCUT2D eigenvalue weighted by Crippen LogP contribution is 2.38. The Balaban J connectivity index is 2.40. The lowest BCUT2D eigenvalue weighted by Gasteiger charge is -2.22. The SMILES string of the molecule is Cc1cccc2c1CC(CC(C)(C)C(=O)O)S2(=O)=O. The van der Waals surface area contributed by atoms with Crippen LogP contribution < -0.4 is 0 Å². The van der Waals surface area contributed by atoms with E-state index in [4.69, 9.17) is 5.11 Å². The molecule has 104 valence electrons. The zero-order chi connectivity index (χ0) is 14.4. The van der Waals surface area contributed by atoms with E-state index >= 15 is 0 Å². The van der Waals surface area contributed by atoms with E-state index in [-0.39, 0.29) is 6.42 Å². The summed E-state index contributed by atoms with van der Waals surface area (Å²) in [5.74, 6) is -0.963. The van der Waals surface area contributed by atoms with Crippen molar-refractivity contribution < 1.29 is 18.3 Å². The third kappa shape index (κ3) is 2.27. The van der Waals surface area contributed by atoms with Crippen LogP contribution in [0.15, 0.2) is 23.1 Å². The molecule has 1 heterocycles. The van der Waals surface area contributed by atoms with Crippen molar-refractivity contribution in [3.8, 4) is 0 Å².